The Hall–Kier alpha value is -2.48. The summed E-state index contributed by atoms with van der Waals surface area (Å²) in [7, 11) is -3.25. The maximum atomic E-state index is 13.3. The molecular formula is C14H12FN3O3S. The highest BCUT2D eigenvalue weighted by atomic mass is 32.2. The van der Waals surface area contributed by atoms with Crippen molar-refractivity contribution in [1.29, 1.82) is 0 Å². The number of aromatic amines is 1. The Bertz CT molecular complexity index is 858. The van der Waals surface area contributed by atoms with Crippen LogP contribution < -0.4 is 5.32 Å². The highest BCUT2D eigenvalue weighted by molar-refractivity contribution is 7.94. The molecule has 0 fully saturated rings. The number of nitrogens with one attached hydrogen (secondary N) is 2. The van der Waals surface area contributed by atoms with E-state index in [2.05, 4.69) is 15.5 Å². The van der Waals surface area contributed by atoms with Crippen LogP contribution >= 0.6 is 0 Å². The van der Waals surface area contributed by atoms with Crippen molar-refractivity contribution in [2.75, 3.05) is 5.75 Å². The summed E-state index contributed by atoms with van der Waals surface area (Å²) in [5, 5.41) is 10.2. The largest absolute Gasteiger partial charge is 0.345 e. The van der Waals surface area contributed by atoms with Crippen LogP contribution in [-0.2, 0) is 9.84 Å². The molecule has 1 aromatic carbocycles. The van der Waals surface area contributed by atoms with Crippen LogP contribution in [-0.4, -0.2) is 36.3 Å². The number of carbonyl (C=O) groups excluding carboxylic acids is 1. The molecule has 0 spiro atoms. The van der Waals surface area contributed by atoms with E-state index in [4.69, 9.17) is 0 Å². The lowest BCUT2D eigenvalue weighted by atomic mass is 10.1. The van der Waals surface area contributed by atoms with Gasteiger partial charge in [-0.25, -0.2) is 12.8 Å². The topological polar surface area (TPSA) is 91.9 Å². The van der Waals surface area contributed by atoms with Crippen LogP contribution in [0, 0.1) is 5.82 Å². The van der Waals surface area contributed by atoms with Gasteiger partial charge >= 0.3 is 0 Å². The van der Waals surface area contributed by atoms with E-state index >= 15 is 0 Å². The monoisotopic (exact) mass is 321 g/mol. The molecular weight excluding hydrogens is 309 g/mol. The van der Waals surface area contributed by atoms with Crippen molar-refractivity contribution in [3.63, 3.8) is 0 Å². The van der Waals surface area contributed by atoms with Gasteiger partial charge in [-0.2, -0.15) is 5.10 Å². The van der Waals surface area contributed by atoms with Crippen molar-refractivity contribution in [1.82, 2.24) is 15.5 Å². The van der Waals surface area contributed by atoms with Crippen LogP contribution in [0.15, 0.2) is 41.9 Å². The average Bonchev–Trinajstić information content (AvgIpc) is 3.05. The zero-order valence-electron chi connectivity index (χ0n) is 11.3. The molecule has 1 unspecified atom stereocenters. The van der Waals surface area contributed by atoms with Crippen molar-refractivity contribution >= 4 is 15.7 Å². The van der Waals surface area contributed by atoms with E-state index in [-0.39, 0.29) is 11.3 Å². The van der Waals surface area contributed by atoms with E-state index in [1.54, 1.807) is 6.07 Å². The van der Waals surface area contributed by atoms with Gasteiger partial charge in [0.2, 0.25) is 0 Å². The van der Waals surface area contributed by atoms with E-state index in [0.717, 1.165) is 5.41 Å². The second-order valence-corrected chi connectivity index (χ2v) is 6.84. The van der Waals surface area contributed by atoms with Gasteiger partial charge in [-0.15, -0.1) is 0 Å². The molecule has 6 nitrogen and oxygen atoms in total. The zero-order valence-corrected chi connectivity index (χ0v) is 12.1. The molecule has 3 rings (SSSR count). The Morgan fingerprint density at radius 2 is 2.23 bits per heavy atom. The summed E-state index contributed by atoms with van der Waals surface area (Å²) in [6.07, 6.45) is 2.75. The van der Waals surface area contributed by atoms with E-state index in [0.29, 0.717) is 11.3 Å². The Kier molecular flexibility index (Phi) is 3.53. The maximum absolute atomic E-state index is 13.3. The molecule has 1 aliphatic heterocycles. The smallest absolute Gasteiger partial charge is 0.255 e. The number of H-pyrrole nitrogens is 1. The van der Waals surface area contributed by atoms with Crippen LogP contribution in [0.3, 0.4) is 0 Å². The minimum atomic E-state index is -3.25. The highest BCUT2D eigenvalue weighted by Gasteiger charge is 2.25. The van der Waals surface area contributed by atoms with Gasteiger partial charge in [0.05, 0.1) is 29.2 Å². The third kappa shape index (κ3) is 2.91. The van der Waals surface area contributed by atoms with E-state index in [1.165, 1.54) is 30.5 Å². The minimum Gasteiger partial charge on any atom is -0.345 e. The Labute approximate surface area is 126 Å². The first-order chi connectivity index (χ1) is 10.4. The molecule has 1 aliphatic rings. The Balaban J connectivity index is 1.83. The van der Waals surface area contributed by atoms with Gasteiger partial charge in [-0.1, -0.05) is 12.1 Å². The van der Waals surface area contributed by atoms with E-state index in [9.17, 15) is 17.6 Å². The number of halogens is 1. The number of hydrogen-bond acceptors (Lipinski definition) is 4. The molecule has 2 aromatic rings. The predicted molar refractivity (Wildman–Crippen MR) is 78.2 cm³/mol. The molecule has 2 heterocycles. The minimum absolute atomic E-state index is 0.161. The molecule has 22 heavy (non-hydrogen) atoms. The molecule has 2 N–H and O–H groups in total. The summed E-state index contributed by atoms with van der Waals surface area (Å²) in [6.45, 7) is 0. The number of carbonyl (C=O) groups is 1. The SMILES string of the molecule is O=C(NC1C=CS(=O)(=O)C1)c1cn[nH]c1-c1cccc(F)c1. The molecule has 114 valence electrons. The van der Waals surface area contributed by atoms with E-state index in [1.807, 2.05) is 0 Å². The summed E-state index contributed by atoms with van der Waals surface area (Å²) in [5.74, 6) is -1.06. The second-order valence-electron chi connectivity index (χ2n) is 4.91. The number of rotatable bonds is 3. The maximum Gasteiger partial charge on any atom is 0.255 e. The zero-order chi connectivity index (χ0) is 15.7. The fourth-order valence-electron chi connectivity index (χ4n) is 2.23. The number of aromatic nitrogens is 2. The average molecular weight is 321 g/mol. The van der Waals surface area contributed by atoms with Gasteiger partial charge in [0, 0.05) is 11.0 Å². The number of sulfone groups is 1. The van der Waals surface area contributed by atoms with Gasteiger partial charge in [0.1, 0.15) is 5.82 Å². The first kappa shape index (κ1) is 14.5. The Morgan fingerprint density at radius 3 is 2.91 bits per heavy atom. The van der Waals surface area contributed by atoms with Gasteiger partial charge < -0.3 is 5.32 Å². The lowest BCUT2D eigenvalue weighted by molar-refractivity contribution is 0.0948. The molecule has 8 heteroatoms. The van der Waals surface area contributed by atoms with Crippen molar-refractivity contribution in [3.8, 4) is 11.3 Å². The number of nitrogens with zero attached hydrogens (tertiary/aromatic N) is 1. The van der Waals surface area contributed by atoms with Crippen molar-refractivity contribution in [2.24, 2.45) is 0 Å². The number of amides is 1. The quantitative estimate of drug-likeness (QED) is 0.890. The van der Waals surface area contributed by atoms with Crippen LogP contribution in [0.1, 0.15) is 10.4 Å². The van der Waals surface area contributed by atoms with E-state index < -0.39 is 27.6 Å². The molecule has 1 aromatic heterocycles. The summed E-state index contributed by atoms with van der Waals surface area (Å²) in [6, 6.07) is 5.18. The standard InChI is InChI=1S/C14H12FN3O3S/c15-10-3-1-2-9(6-10)13-12(7-16-18-13)14(19)17-11-4-5-22(20,21)8-11/h1-7,11H,8H2,(H,16,18)(H,17,19). The summed E-state index contributed by atoms with van der Waals surface area (Å²) in [4.78, 5) is 12.3. The number of benzene rings is 1. The summed E-state index contributed by atoms with van der Waals surface area (Å²) in [5.41, 5.74) is 1.09. The normalized spacial score (nSPS) is 19.2. The Morgan fingerprint density at radius 1 is 1.41 bits per heavy atom. The molecule has 0 radical (unpaired) electrons. The van der Waals surface area contributed by atoms with Gasteiger partial charge in [0.25, 0.3) is 5.91 Å². The molecule has 1 atom stereocenters. The molecule has 0 bridgehead atoms. The summed E-state index contributed by atoms with van der Waals surface area (Å²) < 4.78 is 36.0. The highest BCUT2D eigenvalue weighted by Crippen LogP contribution is 2.22. The second kappa shape index (κ2) is 5.38. The third-order valence-electron chi connectivity index (χ3n) is 3.24. The first-order valence-corrected chi connectivity index (χ1v) is 8.17. The van der Waals surface area contributed by atoms with Crippen molar-refractivity contribution < 1.29 is 17.6 Å². The van der Waals surface area contributed by atoms with Gasteiger partial charge in [0.15, 0.2) is 9.84 Å². The van der Waals surface area contributed by atoms with Crippen LogP contribution in [0.4, 0.5) is 4.39 Å². The van der Waals surface area contributed by atoms with Crippen LogP contribution in [0.25, 0.3) is 11.3 Å². The third-order valence-corrected chi connectivity index (χ3v) is 4.64. The fraction of sp³-hybridized carbons (Fsp3) is 0.143. The molecule has 0 aliphatic carbocycles. The molecule has 0 saturated carbocycles. The van der Waals surface area contributed by atoms with Crippen molar-refractivity contribution in [2.45, 2.75) is 6.04 Å². The van der Waals surface area contributed by atoms with Crippen LogP contribution in [0.2, 0.25) is 0 Å². The number of hydrogen-bond donors (Lipinski definition) is 2. The first-order valence-electron chi connectivity index (χ1n) is 6.46. The molecule has 0 saturated heterocycles. The van der Waals surface area contributed by atoms with Crippen LogP contribution in [0.5, 0.6) is 0 Å². The van der Waals surface area contributed by atoms with Gasteiger partial charge in [-0.05, 0) is 18.2 Å². The molecule has 1 amide bonds. The lowest BCUT2D eigenvalue weighted by Gasteiger charge is -2.10. The fourth-order valence-corrected chi connectivity index (χ4v) is 3.47. The summed E-state index contributed by atoms with van der Waals surface area (Å²) >= 11 is 0. The predicted octanol–water partition coefficient (Wildman–Crippen LogP) is 1.26. The van der Waals surface area contributed by atoms with Crippen molar-refractivity contribution in [3.05, 3.63) is 53.3 Å². The lowest BCUT2D eigenvalue weighted by Crippen LogP contribution is -2.35. The van der Waals surface area contributed by atoms with Gasteiger partial charge in [-0.3, -0.25) is 9.89 Å².